The van der Waals surface area contributed by atoms with Gasteiger partial charge < -0.3 is 15.2 Å². The van der Waals surface area contributed by atoms with Crippen molar-refractivity contribution >= 4 is 45.5 Å². The first-order chi connectivity index (χ1) is 11.0. The van der Waals surface area contributed by atoms with E-state index in [0.29, 0.717) is 21.4 Å². The van der Waals surface area contributed by atoms with E-state index in [1.54, 1.807) is 25.1 Å². The Hall–Kier alpha value is -1.94. The molecule has 0 amide bonds. The lowest BCUT2D eigenvalue weighted by Gasteiger charge is -2.08. The molecule has 0 atom stereocenters. The zero-order valence-corrected chi connectivity index (χ0v) is 14.4. The minimum absolute atomic E-state index is 0.0112. The van der Waals surface area contributed by atoms with Gasteiger partial charge in [-0.25, -0.2) is 4.79 Å². The Bertz CT molecular complexity index is 784. The first kappa shape index (κ1) is 17.4. The van der Waals surface area contributed by atoms with Gasteiger partial charge in [-0.15, -0.1) is 11.3 Å². The highest BCUT2D eigenvalue weighted by molar-refractivity contribution is 7.18. The second-order valence-electron chi connectivity index (χ2n) is 4.35. The molecule has 0 aliphatic carbocycles. The number of rotatable bonds is 5. The molecule has 2 aromatic rings. The van der Waals surface area contributed by atoms with Gasteiger partial charge in [0.2, 0.25) is 0 Å². The third kappa shape index (κ3) is 3.88. The number of carbonyl (C=O) groups excluding carboxylic acids is 1. The summed E-state index contributed by atoms with van der Waals surface area (Å²) in [6.45, 7) is 1.92. The molecule has 2 N–H and O–H groups in total. The summed E-state index contributed by atoms with van der Waals surface area (Å²) in [5.74, 6) is -0.0682. The number of nitriles is 1. The summed E-state index contributed by atoms with van der Waals surface area (Å²) < 4.78 is 10.6. The quantitative estimate of drug-likeness (QED) is 0.794. The van der Waals surface area contributed by atoms with Crippen molar-refractivity contribution < 1.29 is 14.3 Å². The van der Waals surface area contributed by atoms with Gasteiger partial charge in [0.15, 0.2) is 0 Å². The van der Waals surface area contributed by atoms with Gasteiger partial charge in [0, 0.05) is 11.6 Å². The molecular formula is C15H12Cl2N2O3S. The molecule has 0 bridgehead atoms. The van der Waals surface area contributed by atoms with Gasteiger partial charge in [0.05, 0.1) is 22.2 Å². The van der Waals surface area contributed by atoms with Gasteiger partial charge >= 0.3 is 5.97 Å². The van der Waals surface area contributed by atoms with Gasteiger partial charge in [-0.1, -0.05) is 23.2 Å². The number of nitrogen functional groups attached to an aromatic ring is 1. The molecule has 8 heteroatoms. The molecule has 0 radical (unpaired) electrons. The van der Waals surface area contributed by atoms with E-state index >= 15 is 0 Å². The van der Waals surface area contributed by atoms with E-state index in [-0.39, 0.29) is 28.7 Å². The van der Waals surface area contributed by atoms with Crippen LogP contribution in [0.15, 0.2) is 18.2 Å². The number of carbonyl (C=O) groups is 1. The number of halogens is 2. The third-order valence-corrected chi connectivity index (χ3v) is 4.66. The number of anilines is 1. The number of nitrogens with two attached hydrogens (primary N) is 1. The smallest absolute Gasteiger partial charge is 0.348 e. The molecule has 0 saturated heterocycles. The van der Waals surface area contributed by atoms with Crippen LogP contribution in [0.2, 0.25) is 10.0 Å². The van der Waals surface area contributed by atoms with Gasteiger partial charge in [0.25, 0.3) is 0 Å². The van der Waals surface area contributed by atoms with E-state index in [9.17, 15) is 10.1 Å². The van der Waals surface area contributed by atoms with Crippen LogP contribution in [-0.2, 0) is 11.3 Å². The molecule has 1 aromatic carbocycles. The van der Waals surface area contributed by atoms with E-state index < -0.39 is 5.97 Å². The molecule has 0 aliphatic rings. The molecule has 0 fully saturated rings. The SMILES string of the molecule is CCOC(=O)c1sc(N)c(C#N)c1COc1ccc(Cl)c(Cl)c1. The summed E-state index contributed by atoms with van der Waals surface area (Å²) in [5, 5.41) is 10.2. The molecule has 0 spiro atoms. The maximum Gasteiger partial charge on any atom is 0.348 e. The van der Waals surface area contributed by atoms with Crippen LogP contribution in [0.5, 0.6) is 5.75 Å². The average molecular weight is 371 g/mol. The number of esters is 1. The maximum atomic E-state index is 12.0. The lowest BCUT2D eigenvalue weighted by molar-refractivity contribution is 0.0529. The molecule has 0 unspecified atom stereocenters. The number of hydrogen-bond donors (Lipinski definition) is 1. The zero-order chi connectivity index (χ0) is 17.0. The molecule has 2 rings (SSSR count). The van der Waals surface area contributed by atoms with E-state index in [1.807, 2.05) is 6.07 Å². The largest absolute Gasteiger partial charge is 0.489 e. The van der Waals surface area contributed by atoms with Crippen molar-refractivity contribution in [2.24, 2.45) is 0 Å². The topological polar surface area (TPSA) is 85.3 Å². The Labute approximate surface area is 147 Å². The summed E-state index contributed by atoms with van der Waals surface area (Å²) in [7, 11) is 0. The summed E-state index contributed by atoms with van der Waals surface area (Å²) in [4.78, 5) is 12.3. The Kier molecular flexibility index (Phi) is 5.72. The molecule has 1 aromatic heterocycles. The Morgan fingerprint density at radius 2 is 2.13 bits per heavy atom. The van der Waals surface area contributed by atoms with Crippen molar-refractivity contribution in [2.75, 3.05) is 12.3 Å². The van der Waals surface area contributed by atoms with E-state index in [1.165, 1.54) is 0 Å². The van der Waals surface area contributed by atoms with Gasteiger partial charge in [-0.3, -0.25) is 0 Å². The fourth-order valence-corrected chi connectivity index (χ4v) is 3.03. The summed E-state index contributed by atoms with van der Waals surface area (Å²) in [5.41, 5.74) is 6.42. The second kappa shape index (κ2) is 7.55. The summed E-state index contributed by atoms with van der Waals surface area (Å²) >= 11 is 12.8. The number of ether oxygens (including phenoxy) is 2. The van der Waals surface area contributed by atoms with Crippen LogP contribution in [-0.4, -0.2) is 12.6 Å². The van der Waals surface area contributed by atoms with Crippen molar-refractivity contribution in [3.63, 3.8) is 0 Å². The second-order valence-corrected chi connectivity index (χ2v) is 6.21. The van der Waals surface area contributed by atoms with E-state index in [4.69, 9.17) is 38.4 Å². The normalized spacial score (nSPS) is 10.2. The summed E-state index contributed by atoms with van der Waals surface area (Å²) in [6, 6.07) is 6.77. The zero-order valence-electron chi connectivity index (χ0n) is 12.1. The van der Waals surface area contributed by atoms with Crippen molar-refractivity contribution in [1.29, 1.82) is 5.26 Å². The standard InChI is InChI=1S/C15H12Cl2N2O3S/c1-2-21-15(20)13-10(9(6-18)14(19)23-13)7-22-8-3-4-11(16)12(17)5-8/h3-5H,2,7,19H2,1H3. The van der Waals surface area contributed by atoms with Gasteiger partial charge in [0.1, 0.15) is 28.3 Å². The lowest BCUT2D eigenvalue weighted by atomic mass is 10.1. The predicted molar refractivity (Wildman–Crippen MR) is 90.2 cm³/mol. The van der Waals surface area contributed by atoms with Crippen LogP contribution in [0.1, 0.15) is 27.7 Å². The Morgan fingerprint density at radius 1 is 1.39 bits per heavy atom. The van der Waals surface area contributed by atoms with Crippen molar-refractivity contribution in [1.82, 2.24) is 0 Å². The molecule has 5 nitrogen and oxygen atoms in total. The van der Waals surface area contributed by atoms with Crippen LogP contribution in [0, 0.1) is 11.3 Å². The van der Waals surface area contributed by atoms with Crippen LogP contribution < -0.4 is 10.5 Å². The Balaban J connectivity index is 2.29. The van der Waals surface area contributed by atoms with Crippen LogP contribution >= 0.6 is 34.5 Å². The number of nitrogens with zero attached hydrogens (tertiary/aromatic N) is 1. The first-order valence-corrected chi connectivity index (χ1v) is 8.11. The fraction of sp³-hybridized carbons (Fsp3) is 0.200. The first-order valence-electron chi connectivity index (χ1n) is 6.54. The van der Waals surface area contributed by atoms with Gasteiger partial charge in [-0.2, -0.15) is 5.26 Å². The average Bonchev–Trinajstić information content (AvgIpc) is 2.84. The Morgan fingerprint density at radius 3 is 2.74 bits per heavy atom. The minimum atomic E-state index is -0.529. The molecular weight excluding hydrogens is 359 g/mol. The van der Waals surface area contributed by atoms with Gasteiger partial charge in [-0.05, 0) is 19.1 Å². The molecule has 120 valence electrons. The molecule has 0 aliphatic heterocycles. The van der Waals surface area contributed by atoms with E-state index in [0.717, 1.165) is 11.3 Å². The molecule has 0 saturated carbocycles. The minimum Gasteiger partial charge on any atom is -0.489 e. The van der Waals surface area contributed by atoms with Crippen LogP contribution in [0.4, 0.5) is 5.00 Å². The van der Waals surface area contributed by atoms with Crippen molar-refractivity contribution in [3.8, 4) is 11.8 Å². The number of benzene rings is 1. The number of hydrogen-bond acceptors (Lipinski definition) is 6. The monoisotopic (exact) mass is 370 g/mol. The number of thiophene rings is 1. The third-order valence-electron chi connectivity index (χ3n) is 2.88. The maximum absolute atomic E-state index is 12.0. The molecule has 23 heavy (non-hydrogen) atoms. The highest BCUT2D eigenvalue weighted by Gasteiger charge is 2.23. The van der Waals surface area contributed by atoms with Crippen molar-refractivity contribution in [3.05, 3.63) is 44.2 Å². The lowest BCUT2D eigenvalue weighted by Crippen LogP contribution is -2.08. The van der Waals surface area contributed by atoms with E-state index in [2.05, 4.69) is 0 Å². The predicted octanol–water partition coefficient (Wildman–Crippen LogP) is 4.26. The van der Waals surface area contributed by atoms with Crippen molar-refractivity contribution in [2.45, 2.75) is 13.5 Å². The fourth-order valence-electron chi connectivity index (χ4n) is 1.83. The summed E-state index contributed by atoms with van der Waals surface area (Å²) in [6.07, 6.45) is 0. The van der Waals surface area contributed by atoms with Crippen LogP contribution in [0.3, 0.4) is 0 Å². The molecule has 1 heterocycles. The highest BCUT2D eigenvalue weighted by atomic mass is 35.5. The van der Waals surface area contributed by atoms with Crippen LogP contribution in [0.25, 0.3) is 0 Å². The highest BCUT2D eigenvalue weighted by Crippen LogP contribution is 2.33.